The predicted molar refractivity (Wildman–Crippen MR) is 60.7 cm³/mol. The first-order valence-corrected chi connectivity index (χ1v) is 5.64. The van der Waals surface area contributed by atoms with Crippen LogP contribution in [0.25, 0.3) is 0 Å². The summed E-state index contributed by atoms with van der Waals surface area (Å²) >= 11 is 0. The van der Waals surface area contributed by atoms with Gasteiger partial charge in [0.25, 0.3) is 0 Å². The van der Waals surface area contributed by atoms with E-state index < -0.39 is 0 Å². The van der Waals surface area contributed by atoms with E-state index >= 15 is 0 Å². The molecule has 0 bridgehead atoms. The van der Waals surface area contributed by atoms with Crippen LogP contribution in [0, 0.1) is 12.8 Å². The third-order valence-corrected chi connectivity index (χ3v) is 3.24. The molecule has 1 nitrogen and oxygen atoms in total. The van der Waals surface area contributed by atoms with Crippen LogP contribution in [0.1, 0.15) is 23.1 Å². The second-order valence-corrected chi connectivity index (χ2v) is 4.46. The van der Waals surface area contributed by atoms with Crippen LogP contribution in [0.15, 0.2) is 18.2 Å². The lowest BCUT2D eigenvalue weighted by Gasteiger charge is -2.11. The fourth-order valence-electron chi connectivity index (χ4n) is 2.23. The van der Waals surface area contributed by atoms with Gasteiger partial charge in [0.2, 0.25) is 0 Å². The molecule has 1 aliphatic rings. The standard InChI is InChI=1S/C13H18FN/c1-10-2-3-11(8-14)6-13(10)7-12-4-5-15-9-12/h2-3,6,12,15H,4-5,7-9H2,1H3. The lowest BCUT2D eigenvalue weighted by atomic mass is 9.94. The van der Waals surface area contributed by atoms with E-state index in [1.165, 1.54) is 17.5 Å². The molecule has 1 aromatic carbocycles. The van der Waals surface area contributed by atoms with E-state index in [2.05, 4.69) is 12.2 Å². The molecule has 0 amide bonds. The van der Waals surface area contributed by atoms with Gasteiger partial charge in [-0.2, -0.15) is 0 Å². The molecule has 1 N–H and O–H groups in total. The summed E-state index contributed by atoms with van der Waals surface area (Å²) in [5.74, 6) is 0.735. The summed E-state index contributed by atoms with van der Waals surface area (Å²) in [6.07, 6.45) is 2.34. The maximum absolute atomic E-state index is 12.5. The van der Waals surface area contributed by atoms with E-state index in [-0.39, 0.29) is 6.67 Å². The van der Waals surface area contributed by atoms with Crippen LogP contribution >= 0.6 is 0 Å². The normalized spacial score (nSPS) is 20.8. The highest BCUT2D eigenvalue weighted by Crippen LogP contribution is 2.19. The molecule has 0 aromatic heterocycles. The quantitative estimate of drug-likeness (QED) is 0.803. The fraction of sp³-hybridized carbons (Fsp3) is 0.538. The molecule has 1 saturated heterocycles. The molecule has 1 aromatic rings. The van der Waals surface area contributed by atoms with Gasteiger partial charge >= 0.3 is 0 Å². The van der Waals surface area contributed by atoms with Crippen molar-refractivity contribution >= 4 is 0 Å². The van der Waals surface area contributed by atoms with Crippen molar-refractivity contribution in [2.24, 2.45) is 5.92 Å². The van der Waals surface area contributed by atoms with Gasteiger partial charge in [-0.1, -0.05) is 18.2 Å². The van der Waals surface area contributed by atoms with Gasteiger partial charge in [0, 0.05) is 0 Å². The first-order valence-electron chi connectivity index (χ1n) is 5.64. The Morgan fingerprint density at radius 2 is 2.33 bits per heavy atom. The van der Waals surface area contributed by atoms with E-state index in [0.717, 1.165) is 31.0 Å². The first kappa shape index (κ1) is 10.6. The summed E-state index contributed by atoms with van der Waals surface area (Å²) in [5, 5.41) is 3.37. The zero-order valence-electron chi connectivity index (χ0n) is 9.22. The second kappa shape index (κ2) is 4.75. The zero-order chi connectivity index (χ0) is 10.7. The molecule has 1 unspecified atom stereocenters. The molecule has 2 heteroatoms. The minimum Gasteiger partial charge on any atom is -0.316 e. The van der Waals surface area contributed by atoms with E-state index in [9.17, 15) is 4.39 Å². The first-order chi connectivity index (χ1) is 7.29. The smallest absolute Gasteiger partial charge is 0.115 e. The number of alkyl halides is 1. The molecule has 2 rings (SSSR count). The highest BCUT2D eigenvalue weighted by molar-refractivity contribution is 5.31. The van der Waals surface area contributed by atoms with E-state index in [4.69, 9.17) is 0 Å². The van der Waals surface area contributed by atoms with Gasteiger partial charge in [0.15, 0.2) is 0 Å². The van der Waals surface area contributed by atoms with Crippen molar-refractivity contribution in [3.8, 4) is 0 Å². The Morgan fingerprint density at radius 3 is 3.00 bits per heavy atom. The van der Waals surface area contributed by atoms with Crippen molar-refractivity contribution in [1.29, 1.82) is 0 Å². The van der Waals surface area contributed by atoms with Crippen LogP contribution in [0.3, 0.4) is 0 Å². The molecule has 1 heterocycles. The Bertz CT molecular complexity index is 329. The van der Waals surface area contributed by atoms with Crippen molar-refractivity contribution in [1.82, 2.24) is 5.32 Å². The van der Waals surface area contributed by atoms with E-state index in [1.54, 1.807) is 0 Å². The molecular weight excluding hydrogens is 189 g/mol. The Kier molecular flexibility index (Phi) is 3.37. The summed E-state index contributed by atoms with van der Waals surface area (Å²) in [7, 11) is 0. The number of aryl methyl sites for hydroxylation is 1. The summed E-state index contributed by atoms with van der Waals surface area (Å²) in [6, 6.07) is 5.94. The number of hydrogen-bond acceptors (Lipinski definition) is 1. The van der Waals surface area contributed by atoms with Crippen molar-refractivity contribution in [3.63, 3.8) is 0 Å². The zero-order valence-corrected chi connectivity index (χ0v) is 9.22. The number of halogens is 1. The van der Waals surface area contributed by atoms with Crippen LogP contribution in [0.2, 0.25) is 0 Å². The number of rotatable bonds is 3. The summed E-state index contributed by atoms with van der Waals surface area (Å²) in [4.78, 5) is 0. The molecule has 1 atom stereocenters. The Morgan fingerprint density at radius 1 is 1.47 bits per heavy atom. The van der Waals surface area contributed by atoms with Crippen molar-refractivity contribution < 1.29 is 4.39 Å². The van der Waals surface area contributed by atoms with Gasteiger partial charge < -0.3 is 5.32 Å². The van der Waals surface area contributed by atoms with Crippen molar-refractivity contribution in [2.75, 3.05) is 13.1 Å². The van der Waals surface area contributed by atoms with Gasteiger partial charge in [-0.3, -0.25) is 0 Å². The fourth-order valence-corrected chi connectivity index (χ4v) is 2.23. The summed E-state index contributed by atoms with van der Waals surface area (Å²) in [6.45, 7) is 4.00. The maximum atomic E-state index is 12.5. The molecular formula is C13H18FN. The predicted octanol–water partition coefficient (Wildman–Crippen LogP) is 2.62. The van der Waals surface area contributed by atoms with Crippen molar-refractivity contribution in [2.45, 2.75) is 26.4 Å². The number of hydrogen-bond donors (Lipinski definition) is 1. The number of nitrogens with one attached hydrogen (secondary N) is 1. The number of benzene rings is 1. The molecule has 0 aliphatic carbocycles. The SMILES string of the molecule is Cc1ccc(CF)cc1CC1CCNC1. The minimum atomic E-state index is -0.351. The highest BCUT2D eigenvalue weighted by Gasteiger charge is 2.15. The second-order valence-electron chi connectivity index (χ2n) is 4.46. The molecule has 1 fully saturated rings. The van der Waals surface area contributed by atoms with Gasteiger partial charge in [0.1, 0.15) is 6.67 Å². The van der Waals surface area contributed by atoms with Crippen LogP contribution < -0.4 is 5.32 Å². The molecule has 0 radical (unpaired) electrons. The maximum Gasteiger partial charge on any atom is 0.115 e. The van der Waals surface area contributed by atoms with Crippen LogP contribution in [-0.4, -0.2) is 13.1 Å². The average molecular weight is 207 g/mol. The third kappa shape index (κ3) is 2.57. The van der Waals surface area contributed by atoms with Crippen LogP contribution in [0.5, 0.6) is 0 Å². The van der Waals surface area contributed by atoms with Crippen molar-refractivity contribution in [3.05, 3.63) is 34.9 Å². The van der Waals surface area contributed by atoms with Gasteiger partial charge in [0.05, 0.1) is 0 Å². The topological polar surface area (TPSA) is 12.0 Å². The summed E-state index contributed by atoms with van der Waals surface area (Å²) in [5.41, 5.74) is 3.42. The highest BCUT2D eigenvalue weighted by atomic mass is 19.1. The molecule has 15 heavy (non-hydrogen) atoms. The molecule has 0 saturated carbocycles. The molecule has 1 aliphatic heterocycles. The third-order valence-electron chi connectivity index (χ3n) is 3.24. The van der Waals surface area contributed by atoms with Gasteiger partial charge in [-0.15, -0.1) is 0 Å². The van der Waals surface area contributed by atoms with Crippen LogP contribution in [-0.2, 0) is 13.1 Å². The lowest BCUT2D eigenvalue weighted by Crippen LogP contribution is -2.11. The van der Waals surface area contributed by atoms with E-state index in [1.807, 2.05) is 18.2 Å². The monoisotopic (exact) mass is 207 g/mol. The Hall–Kier alpha value is -0.890. The Labute approximate surface area is 90.7 Å². The van der Waals surface area contributed by atoms with Crippen LogP contribution in [0.4, 0.5) is 4.39 Å². The molecule has 0 spiro atoms. The minimum absolute atomic E-state index is 0.351. The van der Waals surface area contributed by atoms with E-state index in [0.29, 0.717) is 0 Å². The van der Waals surface area contributed by atoms with Gasteiger partial charge in [-0.05, 0) is 55.5 Å². The van der Waals surface area contributed by atoms with Gasteiger partial charge in [-0.25, -0.2) is 4.39 Å². The summed E-state index contributed by atoms with van der Waals surface area (Å²) < 4.78 is 12.5. The largest absolute Gasteiger partial charge is 0.316 e. The lowest BCUT2D eigenvalue weighted by molar-refractivity contribution is 0.484. The molecule has 82 valence electrons. The average Bonchev–Trinajstić information content (AvgIpc) is 2.74. The Balaban J connectivity index is 2.11.